The third kappa shape index (κ3) is 4.18. The lowest BCUT2D eigenvalue weighted by Gasteiger charge is -2.12. The smallest absolute Gasteiger partial charge is 0.279 e. The quantitative estimate of drug-likeness (QED) is 0.506. The van der Waals surface area contributed by atoms with Crippen LogP contribution >= 0.6 is 11.3 Å². The van der Waals surface area contributed by atoms with Crippen molar-refractivity contribution in [3.63, 3.8) is 0 Å². The highest BCUT2D eigenvalue weighted by atomic mass is 32.1. The lowest BCUT2D eigenvalue weighted by atomic mass is 10.1. The van der Waals surface area contributed by atoms with E-state index in [-0.39, 0.29) is 0 Å². The van der Waals surface area contributed by atoms with Gasteiger partial charge in [0.1, 0.15) is 5.75 Å². The fourth-order valence-corrected chi connectivity index (χ4v) is 4.12. The van der Waals surface area contributed by atoms with Crippen molar-refractivity contribution in [1.82, 2.24) is 4.57 Å². The van der Waals surface area contributed by atoms with Crippen molar-refractivity contribution < 1.29 is 23.7 Å². The van der Waals surface area contributed by atoms with Gasteiger partial charge in [0.15, 0.2) is 16.3 Å². The number of methoxy groups -OCH3 is 3. The standard InChI is InChI=1S/C22H24N2O5S/c1-6-10-24-16-9-8-15(29-7-2)13-19(16)30-22(24)23-21(25)14-11-17(26-3)20(28-5)18(12-14)27-4/h6,8-9,11-13H,1,7,10H2,2-5H3. The first kappa shape index (κ1) is 21.4. The third-order valence-electron chi connectivity index (χ3n) is 4.39. The Bertz CT molecular complexity index is 1120. The molecule has 3 aromatic rings. The second-order valence-electron chi connectivity index (χ2n) is 6.18. The van der Waals surface area contributed by atoms with Crippen LogP contribution in [-0.4, -0.2) is 38.4 Å². The molecule has 0 saturated carbocycles. The molecule has 2 aromatic carbocycles. The summed E-state index contributed by atoms with van der Waals surface area (Å²) in [5.41, 5.74) is 1.29. The van der Waals surface area contributed by atoms with Gasteiger partial charge in [0.2, 0.25) is 5.75 Å². The molecule has 158 valence electrons. The Labute approximate surface area is 178 Å². The van der Waals surface area contributed by atoms with E-state index in [1.807, 2.05) is 29.7 Å². The molecule has 7 nitrogen and oxygen atoms in total. The summed E-state index contributed by atoms with van der Waals surface area (Å²) in [6, 6.07) is 9.00. The van der Waals surface area contributed by atoms with Crippen LogP contribution in [0.2, 0.25) is 0 Å². The Morgan fingerprint density at radius 2 is 1.83 bits per heavy atom. The normalized spacial score (nSPS) is 11.4. The van der Waals surface area contributed by atoms with Gasteiger partial charge in [-0.2, -0.15) is 4.99 Å². The Morgan fingerprint density at radius 3 is 2.40 bits per heavy atom. The van der Waals surface area contributed by atoms with Crippen molar-refractivity contribution in [2.24, 2.45) is 4.99 Å². The molecule has 0 atom stereocenters. The number of ether oxygens (including phenoxy) is 4. The van der Waals surface area contributed by atoms with E-state index in [2.05, 4.69) is 11.6 Å². The Balaban J connectivity index is 2.12. The maximum absolute atomic E-state index is 13.0. The average molecular weight is 429 g/mol. The van der Waals surface area contributed by atoms with Crippen molar-refractivity contribution in [3.8, 4) is 23.0 Å². The summed E-state index contributed by atoms with van der Waals surface area (Å²) >= 11 is 1.41. The minimum atomic E-state index is -0.413. The molecular weight excluding hydrogens is 404 g/mol. The Kier molecular flexibility index (Phi) is 6.79. The molecule has 0 radical (unpaired) electrons. The summed E-state index contributed by atoms with van der Waals surface area (Å²) in [6.45, 7) is 6.86. The highest BCUT2D eigenvalue weighted by Gasteiger charge is 2.17. The molecule has 0 aliphatic carbocycles. The van der Waals surface area contributed by atoms with Gasteiger partial charge in [-0.1, -0.05) is 17.4 Å². The molecular formula is C22H24N2O5S. The maximum Gasteiger partial charge on any atom is 0.279 e. The SMILES string of the molecule is C=CCn1c(=NC(=O)c2cc(OC)c(OC)c(OC)c2)sc2cc(OCC)ccc21. The van der Waals surface area contributed by atoms with E-state index in [1.54, 1.807) is 18.2 Å². The number of aromatic nitrogens is 1. The number of benzene rings is 2. The molecule has 0 aliphatic rings. The number of allylic oxidation sites excluding steroid dienone is 1. The average Bonchev–Trinajstić information content (AvgIpc) is 3.09. The molecule has 0 spiro atoms. The minimum absolute atomic E-state index is 0.335. The molecule has 0 aliphatic heterocycles. The van der Waals surface area contributed by atoms with Gasteiger partial charge in [-0.05, 0) is 37.3 Å². The van der Waals surface area contributed by atoms with Gasteiger partial charge in [0.25, 0.3) is 5.91 Å². The fraction of sp³-hybridized carbons (Fsp3) is 0.273. The summed E-state index contributed by atoms with van der Waals surface area (Å²) in [7, 11) is 4.52. The number of carbonyl (C=O) groups is 1. The van der Waals surface area contributed by atoms with E-state index < -0.39 is 5.91 Å². The zero-order valence-corrected chi connectivity index (χ0v) is 18.2. The second kappa shape index (κ2) is 9.49. The Hall–Kier alpha value is -3.26. The zero-order chi connectivity index (χ0) is 21.7. The van der Waals surface area contributed by atoms with Crippen molar-refractivity contribution in [2.45, 2.75) is 13.5 Å². The zero-order valence-electron chi connectivity index (χ0n) is 17.4. The summed E-state index contributed by atoms with van der Waals surface area (Å²) in [4.78, 5) is 17.9. The van der Waals surface area contributed by atoms with Crippen LogP contribution in [0.3, 0.4) is 0 Å². The van der Waals surface area contributed by atoms with Crippen LogP contribution < -0.4 is 23.7 Å². The van der Waals surface area contributed by atoms with E-state index in [9.17, 15) is 4.79 Å². The molecule has 1 heterocycles. The molecule has 0 fully saturated rings. The molecule has 8 heteroatoms. The van der Waals surface area contributed by atoms with Crippen molar-refractivity contribution in [2.75, 3.05) is 27.9 Å². The molecule has 0 unspecified atom stereocenters. The largest absolute Gasteiger partial charge is 0.494 e. The number of hydrogen-bond donors (Lipinski definition) is 0. The van der Waals surface area contributed by atoms with Crippen LogP contribution in [0, 0.1) is 0 Å². The van der Waals surface area contributed by atoms with Crippen LogP contribution in [0.5, 0.6) is 23.0 Å². The van der Waals surface area contributed by atoms with Crippen molar-refractivity contribution in [1.29, 1.82) is 0 Å². The number of fused-ring (bicyclic) bond motifs is 1. The van der Waals surface area contributed by atoms with Crippen LogP contribution in [-0.2, 0) is 6.54 Å². The van der Waals surface area contributed by atoms with Gasteiger partial charge in [-0.25, -0.2) is 0 Å². The molecule has 0 bridgehead atoms. The van der Waals surface area contributed by atoms with Gasteiger partial charge in [-0.3, -0.25) is 4.79 Å². The molecule has 1 amide bonds. The molecule has 0 N–H and O–H groups in total. The van der Waals surface area contributed by atoms with Gasteiger partial charge in [-0.15, -0.1) is 6.58 Å². The van der Waals surface area contributed by atoms with E-state index in [1.165, 1.54) is 32.7 Å². The lowest BCUT2D eigenvalue weighted by Crippen LogP contribution is -2.16. The van der Waals surface area contributed by atoms with Crippen LogP contribution in [0.1, 0.15) is 17.3 Å². The van der Waals surface area contributed by atoms with E-state index in [0.29, 0.717) is 40.8 Å². The van der Waals surface area contributed by atoms with E-state index in [4.69, 9.17) is 18.9 Å². The number of thiazole rings is 1. The highest BCUT2D eigenvalue weighted by molar-refractivity contribution is 7.16. The van der Waals surface area contributed by atoms with Crippen LogP contribution in [0.25, 0.3) is 10.2 Å². The first-order valence-electron chi connectivity index (χ1n) is 9.32. The monoisotopic (exact) mass is 428 g/mol. The van der Waals surface area contributed by atoms with Crippen LogP contribution in [0.15, 0.2) is 48.0 Å². The van der Waals surface area contributed by atoms with Gasteiger partial charge in [0, 0.05) is 12.1 Å². The van der Waals surface area contributed by atoms with Crippen molar-refractivity contribution >= 4 is 27.5 Å². The lowest BCUT2D eigenvalue weighted by molar-refractivity contribution is 0.0997. The Morgan fingerprint density at radius 1 is 1.13 bits per heavy atom. The summed E-state index contributed by atoms with van der Waals surface area (Å²) in [6.07, 6.45) is 1.77. The number of nitrogens with zero attached hydrogens (tertiary/aromatic N) is 2. The topological polar surface area (TPSA) is 71.3 Å². The van der Waals surface area contributed by atoms with Gasteiger partial charge in [0.05, 0.1) is 38.2 Å². The van der Waals surface area contributed by atoms with E-state index in [0.717, 1.165) is 16.0 Å². The predicted molar refractivity (Wildman–Crippen MR) is 117 cm³/mol. The minimum Gasteiger partial charge on any atom is -0.494 e. The van der Waals surface area contributed by atoms with E-state index >= 15 is 0 Å². The van der Waals surface area contributed by atoms with Crippen molar-refractivity contribution in [3.05, 3.63) is 53.4 Å². The highest BCUT2D eigenvalue weighted by Crippen LogP contribution is 2.38. The molecule has 0 saturated heterocycles. The molecule has 3 rings (SSSR count). The number of amides is 1. The first-order chi connectivity index (χ1) is 14.6. The fourth-order valence-electron chi connectivity index (χ4n) is 3.06. The number of hydrogen-bond acceptors (Lipinski definition) is 6. The third-order valence-corrected chi connectivity index (χ3v) is 5.43. The second-order valence-corrected chi connectivity index (χ2v) is 7.19. The summed E-state index contributed by atoms with van der Waals surface area (Å²) in [5.74, 6) is 1.57. The van der Waals surface area contributed by atoms with Gasteiger partial charge < -0.3 is 23.5 Å². The number of rotatable bonds is 8. The first-order valence-corrected chi connectivity index (χ1v) is 10.1. The summed E-state index contributed by atoms with van der Waals surface area (Å²) < 4.78 is 24.5. The van der Waals surface area contributed by atoms with Crippen LogP contribution in [0.4, 0.5) is 0 Å². The van der Waals surface area contributed by atoms with Gasteiger partial charge >= 0.3 is 0 Å². The molecule has 30 heavy (non-hydrogen) atoms. The number of carbonyl (C=O) groups excluding carboxylic acids is 1. The summed E-state index contributed by atoms with van der Waals surface area (Å²) in [5, 5.41) is 0. The molecule has 1 aromatic heterocycles. The maximum atomic E-state index is 13.0. The predicted octanol–water partition coefficient (Wildman–Crippen LogP) is 4.05.